The van der Waals surface area contributed by atoms with Gasteiger partial charge in [-0.15, -0.1) is 0 Å². The smallest absolute Gasteiger partial charge is 0.303 e. The number of phenolic OH excluding ortho intramolecular Hbond substituents is 1. The molecular formula is C23H30O5. The number of unbranched alkanes of at least 4 members (excludes halogenated alkanes) is 2. The van der Waals surface area contributed by atoms with Crippen molar-refractivity contribution in [2.24, 2.45) is 5.92 Å². The van der Waals surface area contributed by atoms with Crippen LogP contribution in [0.3, 0.4) is 0 Å². The zero-order valence-corrected chi connectivity index (χ0v) is 17.2. The van der Waals surface area contributed by atoms with Gasteiger partial charge in [0, 0.05) is 18.8 Å². The van der Waals surface area contributed by atoms with E-state index in [4.69, 9.17) is 9.47 Å². The summed E-state index contributed by atoms with van der Waals surface area (Å²) in [5.41, 5.74) is 1.82. The summed E-state index contributed by atoms with van der Waals surface area (Å²) in [4.78, 5) is 23.4. The van der Waals surface area contributed by atoms with Gasteiger partial charge in [0.05, 0.1) is 5.56 Å². The first kappa shape index (κ1) is 20.4. The van der Waals surface area contributed by atoms with E-state index in [1.54, 1.807) is 6.07 Å². The maximum Gasteiger partial charge on any atom is 0.303 e. The number of carbonyl (C=O) groups is 2. The second kappa shape index (κ2) is 7.98. The van der Waals surface area contributed by atoms with Gasteiger partial charge >= 0.3 is 5.97 Å². The topological polar surface area (TPSA) is 72.8 Å². The number of allylic oxidation sites excluding steroid dienone is 1. The predicted octanol–water partition coefficient (Wildman–Crippen LogP) is 4.67. The highest BCUT2D eigenvalue weighted by Crippen LogP contribution is 2.52. The Hall–Kier alpha value is -2.30. The summed E-state index contributed by atoms with van der Waals surface area (Å²) in [7, 11) is 0. The lowest BCUT2D eigenvalue weighted by atomic mass is 9.77. The fourth-order valence-corrected chi connectivity index (χ4v) is 4.61. The maximum atomic E-state index is 11.7. The molecule has 5 heteroatoms. The summed E-state index contributed by atoms with van der Waals surface area (Å²) >= 11 is 0. The van der Waals surface area contributed by atoms with Gasteiger partial charge in [-0.2, -0.15) is 0 Å². The van der Waals surface area contributed by atoms with Crippen molar-refractivity contribution in [3.05, 3.63) is 40.7 Å². The number of hydrogen-bond acceptors (Lipinski definition) is 5. The molecule has 0 aromatic heterocycles. The summed E-state index contributed by atoms with van der Waals surface area (Å²) in [6, 6.07) is 3.48. The van der Waals surface area contributed by atoms with E-state index in [2.05, 4.69) is 6.92 Å². The zero-order chi connectivity index (χ0) is 20.5. The van der Waals surface area contributed by atoms with Crippen LogP contribution in [0, 0.1) is 5.92 Å². The molecule has 1 aromatic carbocycles. The van der Waals surface area contributed by atoms with E-state index in [0.717, 1.165) is 43.1 Å². The maximum absolute atomic E-state index is 11.7. The van der Waals surface area contributed by atoms with Gasteiger partial charge in [-0.25, -0.2) is 0 Å². The molecular weight excluding hydrogens is 356 g/mol. The fraction of sp³-hybridized carbons (Fsp3) is 0.565. The molecule has 3 unspecified atom stereocenters. The first-order valence-electron chi connectivity index (χ1n) is 10.2. The number of benzene rings is 1. The van der Waals surface area contributed by atoms with Crippen LogP contribution >= 0.6 is 0 Å². The number of aldehydes is 1. The van der Waals surface area contributed by atoms with Gasteiger partial charge < -0.3 is 14.6 Å². The highest BCUT2D eigenvalue weighted by Gasteiger charge is 2.48. The molecule has 0 amide bonds. The van der Waals surface area contributed by atoms with E-state index >= 15 is 0 Å². The van der Waals surface area contributed by atoms with Crippen LogP contribution in [0.15, 0.2) is 24.0 Å². The zero-order valence-electron chi connectivity index (χ0n) is 17.2. The van der Waals surface area contributed by atoms with Crippen LogP contribution in [0.5, 0.6) is 5.75 Å². The quantitative estimate of drug-likeness (QED) is 0.419. The van der Waals surface area contributed by atoms with Gasteiger partial charge in [0.15, 0.2) is 12.4 Å². The highest BCUT2D eigenvalue weighted by atomic mass is 16.6. The van der Waals surface area contributed by atoms with Gasteiger partial charge in [0.25, 0.3) is 0 Å². The summed E-state index contributed by atoms with van der Waals surface area (Å²) in [5.74, 6) is 0.438. The van der Waals surface area contributed by atoms with E-state index in [1.165, 1.54) is 6.92 Å². The molecule has 28 heavy (non-hydrogen) atoms. The first-order chi connectivity index (χ1) is 13.3. The number of fused-ring (bicyclic) bond motifs is 3. The van der Waals surface area contributed by atoms with Crippen molar-refractivity contribution in [1.82, 2.24) is 0 Å². The minimum absolute atomic E-state index is 0.00753. The standard InChI is InChI=1S/C23H30O5/c1-5-6-7-8-20(27-14(2)25)21-12-16-18(23(3,4)28-21)11-15-9-10-19(26)17(13-24)22(15)16/h9-10,12-13,16,18,20,26H,5-8,11H2,1-4H3. The lowest BCUT2D eigenvalue weighted by molar-refractivity contribution is -0.150. The third-order valence-corrected chi connectivity index (χ3v) is 5.99. The van der Waals surface area contributed by atoms with Crippen molar-refractivity contribution in [1.29, 1.82) is 0 Å². The van der Waals surface area contributed by atoms with E-state index in [0.29, 0.717) is 17.7 Å². The second-order valence-corrected chi connectivity index (χ2v) is 8.39. The highest BCUT2D eigenvalue weighted by molar-refractivity contribution is 5.83. The lowest BCUT2D eigenvalue weighted by Crippen LogP contribution is -2.42. The SMILES string of the molecule is CCCCCC(OC(C)=O)C1=CC2c3c(ccc(O)c3C=O)CC2C(C)(C)O1. The van der Waals surface area contributed by atoms with Gasteiger partial charge in [-0.3, -0.25) is 9.59 Å². The van der Waals surface area contributed by atoms with Crippen LogP contribution in [0.4, 0.5) is 0 Å². The van der Waals surface area contributed by atoms with Crippen molar-refractivity contribution < 1.29 is 24.2 Å². The average Bonchev–Trinajstić information content (AvgIpc) is 3.00. The van der Waals surface area contributed by atoms with Crippen LogP contribution < -0.4 is 0 Å². The van der Waals surface area contributed by atoms with Crippen molar-refractivity contribution >= 4 is 12.3 Å². The van der Waals surface area contributed by atoms with Gasteiger partial charge in [-0.1, -0.05) is 25.8 Å². The van der Waals surface area contributed by atoms with Gasteiger partial charge in [0.1, 0.15) is 17.1 Å². The molecule has 1 aliphatic heterocycles. The van der Waals surface area contributed by atoms with E-state index in [1.807, 2.05) is 26.0 Å². The second-order valence-electron chi connectivity index (χ2n) is 8.39. The summed E-state index contributed by atoms with van der Waals surface area (Å²) in [6.45, 7) is 7.63. The Balaban J connectivity index is 2.02. The monoisotopic (exact) mass is 386 g/mol. The molecule has 1 heterocycles. The number of esters is 1. The minimum atomic E-state index is -0.479. The molecule has 152 valence electrons. The normalized spacial score (nSPS) is 23.1. The first-order valence-corrected chi connectivity index (χ1v) is 10.2. The van der Waals surface area contributed by atoms with Crippen molar-refractivity contribution in [3.63, 3.8) is 0 Å². The van der Waals surface area contributed by atoms with Gasteiger partial charge in [-0.05, 0) is 56.4 Å². The van der Waals surface area contributed by atoms with E-state index < -0.39 is 11.7 Å². The number of rotatable bonds is 7. The van der Waals surface area contributed by atoms with Crippen LogP contribution in [0.1, 0.15) is 80.8 Å². The number of aromatic hydroxyl groups is 1. The third kappa shape index (κ3) is 3.80. The Morgan fingerprint density at radius 2 is 2.14 bits per heavy atom. The molecule has 3 rings (SSSR count). The summed E-state index contributed by atoms with van der Waals surface area (Å²) < 4.78 is 11.9. The largest absolute Gasteiger partial charge is 0.507 e. The van der Waals surface area contributed by atoms with E-state index in [-0.39, 0.29) is 23.6 Å². The van der Waals surface area contributed by atoms with Crippen molar-refractivity contribution in [3.8, 4) is 5.75 Å². The predicted molar refractivity (Wildman–Crippen MR) is 106 cm³/mol. The number of carbonyl (C=O) groups excluding carboxylic acids is 2. The fourth-order valence-electron chi connectivity index (χ4n) is 4.61. The molecule has 3 atom stereocenters. The van der Waals surface area contributed by atoms with Crippen LogP contribution in [0.25, 0.3) is 0 Å². The van der Waals surface area contributed by atoms with Crippen molar-refractivity contribution in [2.45, 2.75) is 77.4 Å². The molecule has 0 bridgehead atoms. The van der Waals surface area contributed by atoms with Crippen LogP contribution in [0.2, 0.25) is 0 Å². The molecule has 0 radical (unpaired) electrons. The molecule has 0 saturated carbocycles. The Bertz CT molecular complexity index is 792. The third-order valence-electron chi connectivity index (χ3n) is 5.99. The molecule has 1 aromatic rings. The molecule has 1 aliphatic carbocycles. The molecule has 0 spiro atoms. The molecule has 0 fully saturated rings. The number of hydrogen-bond donors (Lipinski definition) is 1. The Labute approximate surface area is 166 Å². The summed E-state index contributed by atoms with van der Waals surface area (Å²) in [6.07, 6.45) is 6.90. The lowest BCUT2D eigenvalue weighted by Gasteiger charge is -2.42. The Kier molecular flexibility index (Phi) is 5.82. The minimum Gasteiger partial charge on any atom is -0.507 e. The Morgan fingerprint density at radius 3 is 2.79 bits per heavy atom. The summed E-state index contributed by atoms with van der Waals surface area (Å²) in [5, 5.41) is 10.2. The molecule has 1 N–H and O–H groups in total. The van der Waals surface area contributed by atoms with Gasteiger partial charge in [0.2, 0.25) is 0 Å². The Morgan fingerprint density at radius 1 is 1.39 bits per heavy atom. The molecule has 5 nitrogen and oxygen atoms in total. The number of ether oxygens (including phenoxy) is 2. The average molecular weight is 386 g/mol. The van der Waals surface area contributed by atoms with E-state index in [9.17, 15) is 14.7 Å². The molecule has 0 saturated heterocycles. The van der Waals surface area contributed by atoms with Crippen LogP contribution in [-0.4, -0.2) is 29.1 Å². The van der Waals surface area contributed by atoms with Crippen LogP contribution in [-0.2, 0) is 20.7 Å². The number of phenols is 1. The van der Waals surface area contributed by atoms with Crippen molar-refractivity contribution in [2.75, 3.05) is 0 Å². The molecule has 2 aliphatic rings.